The van der Waals surface area contributed by atoms with Gasteiger partial charge >= 0.3 is 0 Å². The molecule has 100 valence electrons. The van der Waals surface area contributed by atoms with E-state index >= 15 is 0 Å². The lowest BCUT2D eigenvalue weighted by Crippen LogP contribution is -2.10. The molecular weight excluding hydrogens is 261 g/mol. The van der Waals surface area contributed by atoms with Gasteiger partial charge in [-0.15, -0.1) is 0 Å². The molecule has 0 aliphatic heterocycles. The summed E-state index contributed by atoms with van der Waals surface area (Å²) in [6.45, 7) is 6.44. The lowest BCUT2D eigenvalue weighted by atomic mass is 9.86. The van der Waals surface area contributed by atoms with Crippen molar-refractivity contribution in [1.29, 1.82) is 0 Å². The van der Waals surface area contributed by atoms with Crippen LogP contribution < -0.4 is 5.73 Å². The van der Waals surface area contributed by atoms with Gasteiger partial charge in [-0.25, -0.2) is 4.39 Å². The van der Waals surface area contributed by atoms with Crippen LogP contribution in [0, 0.1) is 5.82 Å². The van der Waals surface area contributed by atoms with Gasteiger partial charge < -0.3 is 5.73 Å². The van der Waals surface area contributed by atoms with Gasteiger partial charge in [-0.2, -0.15) is 0 Å². The van der Waals surface area contributed by atoms with Crippen LogP contribution in [0.1, 0.15) is 26.3 Å². The lowest BCUT2D eigenvalue weighted by molar-refractivity contribution is 0.590. The molecule has 0 saturated carbocycles. The number of benzene rings is 2. The SMILES string of the molecule is CC(C)(C)c1ccc(-c2cc(F)cc(Cl)c2N)cc1. The van der Waals surface area contributed by atoms with Gasteiger partial charge in [0.1, 0.15) is 5.82 Å². The molecule has 0 aliphatic carbocycles. The van der Waals surface area contributed by atoms with Crippen molar-refractivity contribution in [2.45, 2.75) is 26.2 Å². The van der Waals surface area contributed by atoms with E-state index in [4.69, 9.17) is 17.3 Å². The van der Waals surface area contributed by atoms with Crippen LogP contribution in [0.3, 0.4) is 0 Å². The van der Waals surface area contributed by atoms with Crippen LogP contribution in [-0.2, 0) is 5.41 Å². The van der Waals surface area contributed by atoms with Gasteiger partial charge in [-0.1, -0.05) is 56.6 Å². The van der Waals surface area contributed by atoms with Crippen molar-refractivity contribution in [2.75, 3.05) is 5.73 Å². The molecular formula is C16H17ClFN. The Morgan fingerprint density at radius 1 is 1.05 bits per heavy atom. The molecule has 0 saturated heterocycles. The molecule has 3 heteroatoms. The minimum atomic E-state index is -0.380. The molecule has 0 unspecified atom stereocenters. The third kappa shape index (κ3) is 2.90. The third-order valence-electron chi connectivity index (χ3n) is 3.16. The Balaban J connectivity index is 2.49. The van der Waals surface area contributed by atoms with Crippen molar-refractivity contribution >= 4 is 17.3 Å². The zero-order valence-corrected chi connectivity index (χ0v) is 12.1. The Hall–Kier alpha value is -1.54. The van der Waals surface area contributed by atoms with Crippen LogP contribution in [0.4, 0.5) is 10.1 Å². The van der Waals surface area contributed by atoms with Crippen molar-refractivity contribution in [1.82, 2.24) is 0 Å². The molecule has 0 aliphatic rings. The highest BCUT2D eigenvalue weighted by atomic mass is 35.5. The first kappa shape index (κ1) is 13.9. The molecule has 0 amide bonds. The number of halogens is 2. The van der Waals surface area contributed by atoms with E-state index in [9.17, 15) is 4.39 Å². The second-order valence-corrected chi connectivity index (χ2v) is 6.08. The van der Waals surface area contributed by atoms with Crippen LogP contribution in [0.25, 0.3) is 11.1 Å². The standard InChI is InChI=1S/C16H17ClFN/c1-16(2,3)11-6-4-10(5-7-11)13-8-12(18)9-14(17)15(13)19/h4-9H,19H2,1-3H3. The number of hydrogen-bond donors (Lipinski definition) is 1. The average molecular weight is 278 g/mol. The molecule has 0 atom stereocenters. The molecule has 0 fully saturated rings. The zero-order valence-electron chi connectivity index (χ0n) is 11.3. The molecule has 19 heavy (non-hydrogen) atoms. The van der Waals surface area contributed by atoms with E-state index in [-0.39, 0.29) is 16.3 Å². The second kappa shape index (κ2) is 4.86. The van der Waals surface area contributed by atoms with E-state index in [1.54, 1.807) is 0 Å². The van der Waals surface area contributed by atoms with Crippen molar-refractivity contribution in [3.63, 3.8) is 0 Å². The Morgan fingerprint density at radius 2 is 1.63 bits per heavy atom. The number of nitrogens with two attached hydrogens (primary N) is 1. The van der Waals surface area contributed by atoms with Crippen molar-refractivity contribution < 1.29 is 4.39 Å². The fourth-order valence-corrected chi connectivity index (χ4v) is 2.18. The Bertz CT molecular complexity index is 597. The molecule has 1 nitrogen and oxygen atoms in total. The van der Waals surface area contributed by atoms with E-state index in [1.807, 2.05) is 24.3 Å². The van der Waals surface area contributed by atoms with Gasteiger partial charge in [-0.05, 0) is 28.7 Å². The molecule has 0 radical (unpaired) electrons. The molecule has 2 N–H and O–H groups in total. The number of anilines is 1. The summed E-state index contributed by atoms with van der Waals surface area (Å²) in [5.74, 6) is -0.380. The molecule has 0 spiro atoms. The lowest BCUT2D eigenvalue weighted by Gasteiger charge is -2.19. The summed E-state index contributed by atoms with van der Waals surface area (Å²) in [4.78, 5) is 0. The molecule has 2 rings (SSSR count). The number of nitrogen functional groups attached to an aromatic ring is 1. The highest BCUT2D eigenvalue weighted by Crippen LogP contribution is 2.33. The average Bonchev–Trinajstić information content (AvgIpc) is 2.33. The largest absolute Gasteiger partial charge is 0.397 e. The highest BCUT2D eigenvalue weighted by molar-refractivity contribution is 6.33. The predicted molar refractivity (Wildman–Crippen MR) is 80.0 cm³/mol. The predicted octanol–water partition coefficient (Wildman–Crippen LogP) is 5.03. The number of hydrogen-bond acceptors (Lipinski definition) is 1. The van der Waals surface area contributed by atoms with Crippen LogP contribution in [0.5, 0.6) is 0 Å². The summed E-state index contributed by atoms with van der Waals surface area (Å²) in [6.07, 6.45) is 0. The summed E-state index contributed by atoms with van der Waals surface area (Å²) in [6, 6.07) is 10.6. The molecule has 2 aromatic carbocycles. The highest BCUT2D eigenvalue weighted by Gasteiger charge is 2.14. The summed E-state index contributed by atoms with van der Waals surface area (Å²) >= 11 is 5.91. The van der Waals surface area contributed by atoms with Gasteiger partial charge in [0.2, 0.25) is 0 Å². The van der Waals surface area contributed by atoms with Gasteiger partial charge in [0.05, 0.1) is 10.7 Å². The Kier molecular flexibility index (Phi) is 3.55. The fourth-order valence-electron chi connectivity index (χ4n) is 1.97. The van der Waals surface area contributed by atoms with E-state index in [0.29, 0.717) is 11.3 Å². The first-order valence-electron chi connectivity index (χ1n) is 6.14. The van der Waals surface area contributed by atoms with Crippen molar-refractivity contribution in [3.8, 4) is 11.1 Å². The topological polar surface area (TPSA) is 26.0 Å². The fraction of sp³-hybridized carbons (Fsp3) is 0.250. The second-order valence-electron chi connectivity index (χ2n) is 5.68. The van der Waals surface area contributed by atoms with Crippen molar-refractivity contribution in [2.24, 2.45) is 0 Å². The van der Waals surface area contributed by atoms with Crippen molar-refractivity contribution in [3.05, 3.63) is 52.8 Å². The van der Waals surface area contributed by atoms with Gasteiger partial charge in [-0.3, -0.25) is 0 Å². The van der Waals surface area contributed by atoms with Crippen LogP contribution in [0.2, 0.25) is 5.02 Å². The zero-order chi connectivity index (χ0) is 14.2. The van der Waals surface area contributed by atoms with Crippen LogP contribution >= 0.6 is 11.6 Å². The minimum absolute atomic E-state index is 0.0870. The van der Waals surface area contributed by atoms with E-state index in [2.05, 4.69) is 20.8 Å². The van der Waals surface area contributed by atoms with Gasteiger partial charge in [0.25, 0.3) is 0 Å². The molecule has 2 aromatic rings. The molecule has 0 heterocycles. The quantitative estimate of drug-likeness (QED) is 0.727. The monoisotopic (exact) mass is 277 g/mol. The number of rotatable bonds is 1. The maximum absolute atomic E-state index is 13.4. The van der Waals surface area contributed by atoms with Gasteiger partial charge in [0, 0.05) is 5.56 Å². The summed E-state index contributed by atoms with van der Waals surface area (Å²) in [7, 11) is 0. The first-order valence-corrected chi connectivity index (χ1v) is 6.52. The Labute approximate surface area is 118 Å². The third-order valence-corrected chi connectivity index (χ3v) is 3.47. The smallest absolute Gasteiger partial charge is 0.125 e. The summed E-state index contributed by atoms with van der Waals surface area (Å²) < 4.78 is 13.4. The molecule has 0 aromatic heterocycles. The first-order chi connectivity index (χ1) is 8.79. The van der Waals surface area contributed by atoms with E-state index < -0.39 is 0 Å². The van der Waals surface area contributed by atoms with Crippen LogP contribution in [0.15, 0.2) is 36.4 Å². The maximum Gasteiger partial charge on any atom is 0.125 e. The van der Waals surface area contributed by atoms with E-state index in [0.717, 1.165) is 5.56 Å². The Morgan fingerprint density at radius 3 is 2.16 bits per heavy atom. The summed E-state index contributed by atoms with van der Waals surface area (Å²) in [5, 5.41) is 0.245. The van der Waals surface area contributed by atoms with E-state index in [1.165, 1.54) is 17.7 Å². The van der Waals surface area contributed by atoms with Crippen LogP contribution in [-0.4, -0.2) is 0 Å². The normalized spacial score (nSPS) is 11.6. The molecule has 0 bridgehead atoms. The summed E-state index contributed by atoms with van der Waals surface area (Å²) in [5.41, 5.74) is 9.12. The maximum atomic E-state index is 13.4. The minimum Gasteiger partial charge on any atom is -0.397 e. The van der Waals surface area contributed by atoms with Gasteiger partial charge in [0.15, 0.2) is 0 Å².